The normalized spacial score (nSPS) is 38.1. The van der Waals surface area contributed by atoms with Gasteiger partial charge in [-0.2, -0.15) is 0 Å². The molecule has 3 aliphatic rings. The fourth-order valence-corrected chi connectivity index (χ4v) is 4.35. The summed E-state index contributed by atoms with van der Waals surface area (Å²) in [4.78, 5) is 5.34. The second-order valence-electron chi connectivity index (χ2n) is 6.78. The van der Waals surface area contributed by atoms with Crippen LogP contribution in [0.25, 0.3) is 0 Å². The van der Waals surface area contributed by atoms with Gasteiger partial charge in [0.15, 0.2) is 0 Å². The Bertz CT molecular complexity index is 281. The predicted molar refractivity (Wildman–Crippen MR) is 80.5 cm³/mol. The van der Waals surface area contributed by atoms with Crippen molar-refractivity contribution in [1.82, 2.24) is 15.1 Å². The predicted octanol–water partition coefficient (Wildman–Crippen LogP) is 2.08. The van der Waals surface area contributed by atoms with Crippen LogP contribution < -0.4 is 5.32 Å². The summed E-state index contributed by atoms with van der Waals surface area (Å²) in [6.45, 7) is 8.85. The fraction of sp³-hybridized carbons (Fsp3) is 1.00. The number of piperidine rings is 1. The van der Waals surface area contributed by atoms with Crippen molar-refractivity contribution in [1.29, 1.82) is 0 Å². The van der Waals surface area contributed by atoms with Gasteiger partial charge >= 0.3 is 0 Å². The Kier molecular flexibility index (Phi) is 4.78. The monoisotopic (exact) mass is 265 g/mol. The number of nitrogens with one attached hydrogen (secondary N) is 1. The van der Waals surface area contributed by atoms with Crippen molar-refractivity contribution in [2.75, 3.05) is 32.7 Å². The minimum atomic E-state index is 0.787. The maximum atomic E-state index is 4.00. The molecular formula is C16H31N3. The number of hydrogen-bond donors (Lipinski definition) is 1. The standard InChI is InChI=1S/C16H31N3/c1-2-18-9-3-5-14(7-11-18)17-15-8-12-19-10-4-6-16(19)13-15/h14-17H,2-13H2,1H3. The summed E-state index contributed by atoms with van der Waals surface area (Å²) in [5.74, 6) is 0. The molecule has 3 unspecified atom stereocenters. The average molecular weight is 265 g/mol. The molecule has 3 heterocycles. The van der Waals surface area contributed by atoms with Gasteiger partial charge in [0.2, 0.25) is 0 Å². The summed E-state index contributed by atoms with van der Waals surface area (Å²) < 4.78 is 0. The molecular weight excluding hydrogens is 234 g/mol. The quantitative estimate of drug-likeness (QED) is 0.843. The van der Waals surface area contributed by atoms with Gasteiger partial charge in [-0.05, 0) is 77.7 Å². The first-order valence-corrected chi connectivity index (χ1v) is 8.57. The van der Waals surface area contributed by atoms with Gasteiger partial charge < -0.3 is 15.1 Å². The summed E-state index contributed by atoms with van der Waals surface area (Å²) in [7, 11) is 0. The van der Waals surface area contributed by atoms with Crippen molar-refractivity contribution in [3.8, 4) is 0 Å². The molecule has 0 bridgehead atoms. The maximum absolute atomic E-state index is 4.00. The lowest BCUT2D eigenvalue weighted by molar-refractivity contribution is 0.159. The van der Waals surface area contributed by atoms with Crippen LogP contribution in [0.5, 0.6) is 0 Å². The van der Waals surface area contributed by atoms with Crippen molar-refractivity contribution in [2.24, 2.45) is 0 Å². The maximum Gasteiger partial charge on any atom is 0.0111 e. The topological polar surface area (TPSA) is 18.5 Å². The molecule has 0 radical (unpaired) electrons. The lowest BCUT2D eigenvalue weighted by Gasteiger charge is -2.37. The summed E-state index contributed by atoms with van der Waals surface area (Å²) in [6.07, 6.45) is 9.81. The third-order valence-corrected chi connectivity index (χ3v) is 5.56. The Balaban J connectivity index is 1.46. The second kappa shape index (κ2) is 6.55. The molecule has 3 rings (SSSR count). The Morgan fingerprint density at radius 1 is 0.895 bits per heavy atom. The van der Waals surface area contributed by atoms with Crippen molar-refractivity contribution >= 4 is 0 Å². The van der Waals surface area contributed by atoms with Gasteiger partial charge in [-0.25, -0.2) is 0 Å². The highest BCUT2D eigenvalue weighted by Gasteiger charge is 2.32. The first kappa shape index (κ1) is 13.8. The molecule has 3 nitrogen and oxygen atoms in total. The van der Waals surface area contributed by atoms with Crippen LogP contribution in [0.15, 0.2) is 0 Å². The molecule has 1 N–H and O–H groups in total. The van der Waals surface area contributed by atoms with Crippen molar-refractivity contribution in [3.63, 3.8) is 0 Å². The second-order valence-corrected chi connectivity index (χ2v) is 6.78. The molecule has 0 aromatic heterocycles. The third-order valence-electron chi connectivity index (χ3n) is 5.56. The minimum absolute atomic E-state index is 0.787. The molecule has 3 aliphatic heterocycles. The minimum Gasteiger partial charge on any atom is -0.311 e. The van der Waals surface area contributed by atoms with Crippen LogP contribution in [0.3, 0.4) is 0 Å². The molecule has 0 aromatic rings. The summed E-state index contributed by atoms with van der Waals surface area (Å²) in [6, 6.07) is 2.50. The largest absolute Gasteiger partial charge is 0.311 e. The molecule has 0 saturated carbocycles. The number of rotatable bonds is 3. The summed E-state index contributed by atoms with van der Waals surface area (Å²) in [5, 5.41) is 4.00. The first-order valence-electron chi connectivity index (χ1n) is 8.57. The molecule has 19 heavy (non-hydrogen) atoms. The van der Waals surface area contributed by atoms with Crippen LogP contribution in [0, 0.1) is 0 Å². The van der Waals surface area contributed by atoms with Crippen molar-refractivity contribution < 1.29 is 0 Å². The lowest BCUT2D eigenvalue weighted by atomic mass is 9.96. The molecule has 0 aromatic carbocycles. The van der Waals surface area contributed by atoms with Crippen molar-refractivity contribution in [2.45, 2.75) is 70.0 Å². The number of hydrogen-bond acceptors (Lipinski definition) is 3. The number of likely N-dealkylation sites (tertiary alicyclic amines) is 1. The van der Waals surface area contributed by atoms with E-state index >= 15 is 0 Å². The summed E-state index contributed by atoms with van der Waals surface area (Å²) in [5.41, 5.74) is 0. The first-order chi connectivity index (χ1) is 9.35. The van der Waals surface area contributed by atoms with Gasteiger partial charge in [0, 0.05) is 18.1 Å². The van der Waals surface area contributed by atoms with E-state index in [4.69, 9.17) is 0 Å². The van der Waals surface area contributed by atoms with Crippen molar-refractivity contribution in [3.05, 3.63) is 0 Å². The van der Waals surface area contributed by atoms with Gasteiger partial charge in [0.1, 0.15) is 0 Å². The molecule has 0 amide bonds. The molecule has 0 spiro atoms. The van der Waals surface area contributed by atoms with E-state index in [1.165, 1.54) is 77.7 Å². The zero-order valence-electron chi connectivity index (χ0n) is 12.6. The third kappa shape index (κ3) is 3.50. The molecule has 110 valence electrons. The lowest BCUT2D eigenvalue weighted by Crippen LogP contribution is -2.48. The van der Waals surface area contributed by atoms with E-state index < -0.39 is 0 Å². The molecule has 3 fully saturated rings. The highest BCUT2D eigenvalue weighted by atomic mass is 15.2. The van der Waals surface area contributed by atoms with E-state index in [0.717, 1.165) is 18.1 Å². The zero-order valence-corrected chi connectivity index (χ0v) is 12.6. The Morgan fingerprint density at radius 2 is 1.74 bits per heavy atom. The van der Waals surface area contributed by atoms with E-state index in [0.29, 0.717) is 0 Å². The molecule has 3 saturated heterocycles. The Hall–Kier alpha value is -0.120. The van der Waals surface area contributed by atoms with Gasteiger partial charge in [-0.15, -0.1) is 0 Å². The average Bonchev–Trinajstić information content (AvgIpc) is 2.77. The Labute approximate surface area is 118 Å². The van der Waals surface area contributed by atoms with Crippen LogP contribution in [0.4, 0.5) is 0 Å². The van der Waals surface area contributed by atoms with Crippen LogP contribution in [0.2, 0.25) is 0 Å². The zero-order chi connectivity index (χ0) is 13.1. The summed E-state index contributed by atoms with van der Waals surface area (Å²) >= 11 is 0. The Morgan fingerprint density at radius 3 is 2.63 bits per heavy atom. The molecule has 3 heteroatoms. The molecule has 3 atom stereocenters. The van der Waals surface area contributed by atoms with Crippen LogP contribution in [-0.2, 0) is 0 Å². The highest BCUT2D eigenvalue weighted by Crippen LogP contribution is 2.27. The van der Waals surface area contributed by atoms with Gasteiger partial charge in [-0.1, -0.05) is 6.92 Å². The van der Waals surface area contributed by atoms with E-state index in [1.54, 1.807) is 0 Å². The molecule has 0 aliphatic carbocycles. The fourth-order valence-electron chi connectivity index (χ4n) is 4.35. The van der Waals surface area contributed by atoms with E-state index in [9.17, 15) is 0 Å². The van der Waals surface area contributed by atoms with E-state index in [1.807, 2.05) is 0 Å². The smallest absolute Gasteiger partial charge is 0.0111 e. The van der Waals surface area contributed by atoms with Gasteiger partial charge in [-0.3, -0.25) is 0 Å². The van der Waals surface area contributed by atoms with Gasteiger partial charge in [0.05, 0.1) is 0 Å². The van der Waals surface area contributed by atoms with E-state index in [2.05, 4.69) is 22.0 Å². The number of nitrogens with zero attached hydrogens (tertiary/aromatic N) is 2. The van der Waals surface area contributed by atoms with Gasteiger partial charge in [0.25, 0.3) is 0 Å². The SMILES string of the molecule is CCN1CCCC(NC2CCN3CCCC3C2)CC1. The van der Waals surface area contributed by atoms with Crippen LogP contribution in [0.1, 0.15) is 51.9 Å². The highest BCUT2D eigenvalue weighted by molar-refractivity contribution is 4.90. The van der Waals surface area contributed by atoms with Crippen LogP contribution >= 0.6 is 0 Å². The van der Waals surface area contributed by atoms with E-state index in [-0.39, 0.29) is 0 Å². The number of fused-ring (bicyclic) bond motifs is 1. The van der Waals surface area contributed by atoms with Crippen LogP contribution in [-0.4, -0.2) is 60.6 Å².